The lowest BCUT2D eigenvalue weighted by Crippen LogP contribution is -2.40. The van der Waals surface area contributed by atoms with E-state index in [0.717, 1.165) is 12.8 Å². The van der Waals surface area contributed by atoms with E-state index in [-0.39, 0.29) is 12.5 Å². The highest BCUT2D eigenvalue weighted by molar-refractivity contribution is 6.31. The molecule has 116 valence electrons. The van der Waals surface area contributed by atoms with E-state index in [9.17, 15) is 9.59 Å². The summed E-state index contributed by atoms with van der Waals surface area (Å²) in [6.07, 6.45) is 3.81. The van der Waals surface area contributed by atoms with Crippen molar-refractivity contribution in [3.8, 4) is 0 Å². The molecule has 0 radical (unpaired) electrons. The van der Waals surface area contributed by atoms with E-state index in [0.29, 0.717) is 29.8 Å². The van der Waals surface area contributed by atoms with Gasteiger partial charge in [-0.2, -0.15) is 0 Å². The van der Waals surface area contributed by atoms with Crippen LogP contribution in [0.4, 0.5) is 0 Å². The number of hydrogen-bond donors (Lipinski definition) is 1. The van der Waals surface area contributed by atoms with Crippen molar-refractivity contribution < 1.29 is 14.7 Å². The Kier molecular flexibility index (Phi) is 4.90. The van der Waals surface area contributed by atoms with Crippen LogP contribution in [0.1, 0.15) is 29.4 Å². The van der Waals surface area contributed by atoms with E-state index in [1.165, 1.54) is 4.90 Å². The summed E-state index contributed by atoms with van der Waals surface area (Å²) < 4.78 is 1.87. The van der Waals surface area contributed by atoms with Gasteiger partial charge < -0.3 is 19.5 Å². The second-order valence-corrected chi connectivity index (χ2v) is 6.04. The van der Waals surface area contributed by atoms with Gasteiger partial charge >= 0.3 is 5.97 Å². The minimum absolute atomic E-state index is 0.280. The minimum Gasteiger partial charge on any atom is -0.480 e. The van der Waals surface area contributed by atoms with Gasteiger partial charge in [-0.3, -0.25) is 9.59 Å². The Bertz CT molecular complexity index is 538. The molecule has 0 spiro atoms. The molecule has 0 bridgehead atoms. The quantitative estimate of drug-likeness (QED) is 0.829. The number of aliphatic carboxylic acids is 1. The van der Waals surface area contributed by atoms with Gasteiger partial charge in [0, 0.05) is 25.3 Å². The number of hydrogen-bond acceptors (Lipinski definition) is 3. The van der Waals surface area contributed by atoms with Crippen molar-refractivity contribution >= 4 is 23.5 Å². The van der Waals surface area contributed by atoms with Gasteiger partial charge in [0.25, 0.3) is 5.91 Å². The molecule has 6 nitrogen and oxygen atoms in total. The fourth-order valence-electron chi connectivity index (χ4n) is 2.17. The summed E-state index contributed by atoms with van der Waals surface area (Å²) in [5.74, 6) is -1.30. The van der Waals surface area contributed by atoms with Crippen molar-refractivity contribution in [2.24, 2.45) is 0 Å². The molecule has 2 rings (SSSR count). The molecule has 1 aliphatic carbocycles. The number of carboxylic acids is 1. The first-order valence-electron chi connectivity index (χ1n) is 6.91. The maximum atomic E-state index is 12.6. The first-order chi connectivity index (χ1) is 9.88. The van der Waals surface area contributed by atoms with E-state index < -0.39 is 5.97 Å². The molecule has 21 heavy (non-hydrogen) atoms. The summed E-state index contributed by atoms with van der Waals surface area (Å²) in [6, 6.07) is 1.93. The monoisotopic (exact) mass is 313 g/mol. The smallest absolute Gasteiger partial charge is 0.323 e. The van der Waals surface area contributed by atoms with E-state index in [1.54, 1.807) is 12.3 Å². The summed E-state index contributed by atoms with van der Waals surface area (Å²) in [5, 5.41) is 9.51. The van der Waals surface area contributed by atoms with Crippen LogP contribution in [0.5, 0.6) is 0 Å². The molecule has 1 amide bonds. The first kappa shape index (κ1) is 15.9. The number of amides is 1. The highest BCUT2D eigenvalue weighted by Crippen LogP contribution is 2.37. The summed E-state index contributed by atoms with van der Waals surface area (Å²) >= 11 is 6.00. The molecule has 1 fully saturated rings. The number of nitrogens with zero attached hydrogens (tertiary/aromatic N) is 3. The highest BCUT2D eigenvalue weighted by Gasteiger charge is 2.30. The number of carbonyl (C=O) groups excluding carboxylic acids is 1. The van der Waals surface area contributed by atoms with Crippen LogP contribution in [0.15, 0.2) is 12.3 Å². The number of carbonyl (C=O) groups is 2. The highest BCUT2D eigenvalue weighted by atomic mass is 35.5. The zero-order chi connectivity index (χ0) is 15.6. The molecule has 1 saturated carbocycles. The van der Waals surface area contributed by atoms with Crippen LogP contribution in [0.2, 0.25) is 5.02 Å². The van der Waals surface area contributed by atoms with Crippen molar-refractivity contribution in [2.45, 2.75) is 18.9 Å². The lowest BCUT2D eigenvalue weighted by Gasteiger charge is -2.23. The Morgan fingerprint density at radius 3 is 2.57 bits per heavy atom. The van der Waals surface area contributed by atoms with Crippen LogP contribution in [-0.2, 0) is 4.79 Å². The number of carboxylic acid groups (broad SMARTS) is 1. The molecule has 0 unspecified atom stereocenters. The average Bonchev–Trinajstić information content (AvgIpc) is 3.16. The molecule has 0 aliphatic heterocycles. The summed E-state index contributed by atoms with van der Waals surface area (Å²) in [6.45, 7) is 0.669. The molecule has 1 aromatic heterocycles. The molecular formula is C14H20ClN3O3. The second kappa shape index (κ2) is 6.49. The van der Waals surface area contributed by atoms with Gasteiger partial charge in [-0.25, -0.2) is 0 Å². The third-order valence-corrected chi connectivity index (χ3v) is 3.61. The van der Waals surface area contributed by atoms with Gasteiger partial charge in [-0.05, 0) is 33.0 Å². The van der Waals surface area contributed by atoms with Gasteiger partial charge in [0.15, 0.2) is 0 Å². The summed E-state index contributed by atoms with van der Waals surface area (Å²) in [5.41, 5.74) is 0.475. The SMILES string of the molecule is CN(C)CCN(CC(=O)O)C(=O)c1cc(Cl)cn1C1CC1. The van der Waals surface area contributed by atoms with Crippen molar-refractivity contribution in [2.75, 3.05) is 33.7 Å². The molecule has 1 aliphatic rings. The third kappa shape index (κ3) is 4.22. The Labute approximate surface area is 128 Å². The van der Waals surface area contributed by atoms with Gasteiger partial charge in [0.1, 0.15) is 12.2 Å². The standard InChI is InChI=1S/C14H20ClN3O3/c1-16(2)5-6-17(9-13(19)20)14(21)12-7-10(15)8-18(12)11-3-4-11/h7-8,11H,3-6,9H2,1-2H3,(H,19,20). The zero-order valence-electron chi connectivity index (χ0n) is 12.3. The summed E-state index contributed by atoms with van der Waals surface area (Å²) in [4.78, 5) is 26.9. The minimum atomic E-state index is -1.02. The zero-order valence-corrected chi connectivity index (χ0v) is 13.0. The number of rotatable bonds is 7. The molecule has 0 aromatic carbocycles. The first-order valence-corrected chi connectivity index (χ1v) is 7.29. The van der Waals surface area contributed by atoms with Gasteiger partial charge in [0.05, 0.1) is 5.02 Å². The number of aromatic nitrogens is 1. The Morgan fingerprint density at radius 1 is 1.38 bits per heavy atom. The van der Waals surface area contributed by atoms with Crippen LogP contribution in [0.25, 0.3) is 0 Å². The third-order valence-electron chi connectivity index (χ3n) is 3.41. The Hall–Kier alpha value is -1.53. The number of likely N-dealkylation sites (N-methyl/N-ethyl adjacent to an activating group) is 1. The fourth-order valence-corrected chi connectivity index (χ4v) is 2.38. The van der Waals surface area contributed by atoms with E-state index in [4.69, 9.17) is 16.7 Å². The molecule has 7 heteroatoms. The van der Waals surface area contributed by atoms with Crippen molar-refractivity contribution in [1.82, 2.24) is 14.4 Å². The Balaban J connectivity index is 2.18. The number of halogens is 1. The maximum absolute atomic E-state index is 12.6. The van der Waals surface area contributed by atoms with Crippen molar-refractivity contribution in [3.05, 3.63) is 23.0 Å². The van der Waals surface area contributed by atoms with E-state index >= 15 is 0 Å². The second-order valence-electron chi connectivity index (χ2n) is 5.61. The van der Waals surface area contributed by atoms with Crippen LogP contribution in [0.3, 0.4) is 0 Å². The normalized spacial score (nSPS) is 14.5. The molecule has 1 N–H and O–H groups in total. The molecule has 0 atom stereocenters. The van der Waals surface area contributed by atoms with Crippen molar-refractivity contribution in [3.63, 3.8) is 0 Å². The van der Waals surface area contributed by atoms with Crippen LogP contribution < -0.4 is 0 Å². The van der Waals surface area contributed by atoms with Crippen LogP contribution in [-0.4, -0.2) is 65.1 Å². The maximum Gasteiger partial charge on any atom is 0.323 e. The molecule has 1 heterocycles. The topological polar surface area (TPSA) is 65.8 Å². The van der Waals surface area contributed by atoms with Crippen LogP contribution >= 0.6 is 11.6 Å². The fraction of sp³-hybridized carbons (Fsp3) is 0.571. The molecule has 0 saturated heterocycles. The van der Waals surface area contributed by atoms with Crippen molar-refractivity contribution in [1.29, 1.82) is 0 Å². The van der Waals surface area contributed by atoms with E-state index in [1.807, 2.05) is 23.6 Å². The van der Waals surface area contributed by atoms with E-state index in [2.05, 4.69) is 0 Å². The predicted molar refractivity (Wildman–Crippen MR) is 79.8 cm³/mol. The van der Waals surface area contributed by atoms with Gasteiger partial charge in [0.2, 0.25) is 0 Å². The molecular weight excluding hydrogens is 294 g/mol. The summed E-state index contributed by atoms with van der Waals surface area (Å²) in [7, 11) is 3.76. The largest absolute Gasteiger partial charge is 0.480 e. The molecule has 1 aromatic rings. The average molecular weight is 314 g/mol. The predicted octanol–water partition coefficient (Wildman–Crippen LogP) is 1.56. The van der Waals surface area contributed by atoms with Gasteiger partial charge in [-0.1, -0.05) is 11.6 Å². The Morgan fingerprint density at radius 2 is 2.05 bits per heavy atom. The lowest BCUT2D eigenvalue weighted by atomic mass is 10.3. The lowest BCUT2D eigenvalue weighted by molar-refractivity contribution is -0.137. The van der Waals surface area contributed by atoms with Crippen LogP contribution in [0, 0.1) is 0 Å². The van der Waals surface area contributed by atoms with Gasteiger partial charge in [-0.15, -0.1) is 0 Å².